The quantitative estimate of drug-likeness (QED) is 0.769. The molecule has 0 bridgehead atoms. The van der Waals surface area contributed by atoms with Gasteiger partial charge in [-0.25, -0.2) is 0 Å². The number of amides is 1. The van der Waals surface area contributed by atoms with Gasteiger partial charge in [-0.1, -0.05) is 19.9 Å². The average Bonchev–Trinajstić information content (AvgIpc) is 3.28. The van der Waals surface area contributed by atoms with Crippen molar-refractivity contribution < 1.29 is 19.1 Å². The van der Waals surface area contributed by atoms with Gasteiger partial charge < -0.3 is 14.4 Å². The van der Waals surface area contributed by atoms with Gasteiger partial charge in [0, 0.05) is 25.5 Å². The Labute approximate surface area is 171 Å². The van der Waals surface area contributed by atoms with E-state index in [0.717, 1.165) is 5.56 Å². The molecule has 0 saturated carbocycles. The molecule has 0 aliphatic carbocycles. The molecule has 3 atom stereocenters. The number of carboxylic acids is 1. The van der Waals surface area contributed by atoms with Gasteiger partial charge in [0.15, 0.2) is 0 Å². The molecule has 7 nitrogen and oxygen atoms in total. The maximum Gasteiger partial charge on any atom is 0.324 e. The summed E-state index contributed by atoms with van der Waals surface area (Å²) in [7, 11) is 3.54. The fraction of sp³-hybridized carbons (Fsp3) is 0.500. The molecule has 0 aromatic carbocycles. The van der Waals surface area contributed by atoms with Gasteiger partial charge in [0.05, 0.1) is 18.7 Å². The van der Waals surface area contributed by atoms with Crippen LogP contribution in [0.5, 0.6) is 0 Å². The summed E-state index contributed by atoms with van der Waals surface area (Å²) in [6.45, 7) is 4.36. The van der Waals surface area contributed by atoms with Crippen LogP contribution in [0.25, 0.3) is 0 Å². The lowest BCUT2D eigenvalue weighted by Gasteiger charge is -2.36. The van der Waals surface area contributed by atoms with Gasteiger partial charge in [0.25, 0.3) is 0 Å². The molecule has 3 rings (SSSR count). The third-order valence-corrected chi connectivity index (χ3v) is 5.87. The van der Waals surface area contributed by atoms with Crippen molar-refractivity contribution in [2.75, 3.05) is 14.1 Å². The highest BCUT2D eigenvalue weighted by Crippen LogP contribution is 2.49. The fourth-order valence-corrected chi connectivity index (χ4v) is 4.61. The molecular weight excluding hydrogens is 370 g/mol. The molecule has 0 spiro atoms. The van der Waals surface area contributed by atoms with Crippen LogP contribution in [0, 0.1) is 11.8 Å². The summed E-state index contributed by atoms with van der Waals surface area (Å²) >= 11 is 0. The van der Waals surface area contributed by atoms with Crippen molar-refractivity contribution in [3.8, 4) is 0 Å². The number of rotatable bonds is 7. The third-order valence-electron chi connectivity index (χ3n) is 5.87. The lowest BCUT2D eigenvalue weighted by atomic mass is 9.83. The van der Waals surface area contributed by atoms with Crippen molar-refractivity contribution in [1.29, 1.82) is 0 Å². The van der Waals surface area contributed by atoms with Crippen LogP contribution in [0.1, 0.15) is 44.1 Å². The molecule has 0 radical (unpaired) electrons. The SMILES string of the molecule is CC(C)C[C@]1(C(=O)O)C[C@@H](C(=O)N(C)Cc2ccco2)[C@@H](c2cccnc2)N1C. The van der Waals surface area contributed by atoms with Crippen LogP contribution in [0.4, 0.5) is 0 Å². The highest BCUT2D eigenvalue weighted by molar-refractivity contribution is 5.85. The minimum Gasteiger partial charge on any atom is -0.480 e. The van der Waals surface area contributed by atoms with Crippen molar-refractivity contribution in [3.63, 3.8) is 0 Å². The van der Waals surface area contributed by atoms with Crippen molar-refractivity contribution >= 4 is 11.9 Å². The minimum absolute atomic E-state index is 0.0889. The van der Waals surface area contributed by atoms with E-state index in [1.807, 2.05) is 44.0 Å². The number of nitrogens with zero attached hydrogens (tertiary/aromatic N) is 3. The molecule has 1 N–H and O–H groups in total. The number of carboxylic acid groups (broad SMARTS) is 1. The summed E-state index contributed by atoms with van der Waals surface area (Å²) < 4.78 is 5.37. The summed E-state index contributed by atoms with van der Waals surface area (Å²) in [5, 5.41) is 10.2. The Morgan fingerprint density at radius 1 is 1.38 bits per heavy atom. The first-order chi connectivity index (χ1) is 13.8. The lowest BCUT2D eigenvalue weighted by molar-refractivity contribution is -0.151. The lowest BCUT2D eigenvalue weighted by Crippen LogP contribution is -2.50. The molecule has 7 heteroatoms. The number of carbonyl (C=O) groups excluding carboxylic acids is 1. The van der Waals surface area contributed by atoms with Gasteiger partial charge in [-0.15, -0.1) is 0 Å². The second-order valence-corrected chi connectivity index (χ2v) is 8.36. The molecule has 1 saturated heterocycles. The molecule has 29 heavy (non-hydrogen) atoms. The van der Waals surface area contributed by atoms with Gasteiger partial charge in [-0.2, -0.15) is 0 Å². The average molecular weight is 399 g/mol. The van der Waals surface area contributed by atoms with E-state index in [1.165, 1.54) is 0 Å². The number of aromatic nitrogens is 1. The van der Waals surface area contributed by atoms with Gasteiger partial charge >= 0.3 is 5.97 Å². The Morgan fingerprint density at radius 2 is 2.14 bits per heavy atom. The van der Waals surface area contributed by atoms with E-state index in [0.29, 0.717) is 18.7 Å². The van der Waals surface area contributed by atoms with E-state index in [4.69, 9.17) is 4.42 Å². The van der Waals surface area contributed by atoms with Crippen LogP contribution < -0.4 is 0 Å². The van der Waals surface area contributed by atoms with Crippen LogP contribution in [0.15, 0.2) is 47.3 Å². The summed E-state index contributed by atoms with van der Waals surface area (Å²) in [5.41, 5.74) is -0.243. The first-order valence-electron chi connectivity index (χ1n) is 9.90. The van der Waals surface area contributed by atoms with Gasteiger partial charge in [-0.3, -0.25) is 19.5 Å². The Hall–Kier alpha value is -2.67. The third kappa shape index (κ3) is 4.05. The number of likely N-dealkylation sites (tertiary alicyclic amines) is 1. The number of aliphatic carboxylic acids is 1. The molecule has 156 valence electrons. The number of hydrogen-bond acceptors (Lipinski definition) is 5. The van der Waals surface area contributed by atoms with Crippen molar-refractivity contribution in [2.45, 2.75) is 44.8 Å². The van der Waals surface area contributed by atoms with Crippen LogP contribution in [-0.4, -0.2) is 51.4 Å². The minimum atomic E-state index is -1.10. The Bertz CT molecular complexity index is 837. The van der Waals surface area contributed by atoms with Crippen molar-refractivity contribution in [1.82, 2.24) is 14.8 Å². The fourth-order valence-electron chi connectivity index (χ4n) is 4.61. The molecule has 0 unspecified atom stereocenters. The number of furan rings is 1. The Balaban J connectivity index is 1.97. The van der Waals surface area contributed by atoms with E-state index in [-0.39, 0.29) is 24.3 Å². The molecule has 2 aromatic rings. The summed E-state index contributed by atoms with van der Waals surface area (Å²) in [6, 6.07) is 6.98. The monoisotopic (exact) mass is 399 g/mol. The second-order valence-electron chi connectivity index (χ2n) is 8.36. The predicted octanol–water partition coefficient (Wildman–Crippen LogP) is 3.20. The summed E-state index contributed by atoms with van der Waals surface area (Å²) in [4.78, 5) is 33.6. The van der Waals surface area contributed by atoms with Crippen LogP contribution in [-0.2, 0) is 16.1 Å². The zero-order chi connectivity index (χ0) is 21.2. The number of likely N-dealkylation sites (N-methyl/N-ethyl adjacent to an activating group) is 1. The maximum atomic E-state index is 13.4. The number of hydrogen-bond donors (Lipinski definition) is 1. The topological polar surface area (TPSA) is 86.9 Å². The van der Waals surface area contributed by atoms with E-state index < -0.39 is 17.4 Å². The van der Waals surface area contributed by atoms with Gasteiger partial charge in [0.1, 0.15) is 11.3 Å². The predicted molar refractivity (Wildman–Crippen MR) is 108 cm³/mol. The van der Waals surface area contributed by atoms with E-state index >= 15 is 0 Å². The van der Waals surface area contributed by atoms with E-state index in [1.54, 1.807) is 36.7 Å². The molecular formula is C22H29N3O4. The molecule has 1 amide bonds. The van der Waals surface area contributed by atoms with Crippen LogP contribution in [0.3, 0.4) is 0 Å². The second kappa shape index (κ2) is 8.37. The first kappa shape index (κ1) is 21.0. The Morgan fingerprint density at radius 3 is 2.69 bits per heavy atom. The highest BCUT2D eigenvalue weighted by atomic mass is 16.4. The Kier molecular flexibility index (Phi) is 6.07. The molecule has 2 aromatic heterocycles. The smallest absolute Gasteiger partial charge is 0.324 e. The zero-order valence-electron chi connectivity index (χ0n) is 17.4. The highest BCUT2D eigenvalue weighted by Gasteiger charge is 2.57. The molecule has 1 aliphatic heterocycles. The normalized spacial score (nSPS) is 24.7. The maximum absolute atomic E-state index is 13.4. The molecule has 1 aliphatic rings. The van der Waals surface area contributed by atoms with Crippen molar-refractivity contribution in [2.24, 2.45) is 11.8 Å². The van der Waals surface area contributed by atoms with E-state index in [9.17, 15) is 14.7 Å². The summed E-state index contributed by atoms with van der Waals surface area (Å²) in [5.74, 6) is -0.589. The molecule has 3 heterocycles. The van der Waals surface area contributed by atoms with Crippen molar-refractivity contribution in [3.05, 3.63) is 54.2 Å². The zero-order valence-corrected chi connectivity index (χ0v) is 17.4. The largest absolute Gasteiger partial charge is 0.480 e. The molecule has 1 fully saturated rings. The van der Waals surface area contributed by atoms with Gasteiger partial charge in [-0.05, 0) is 49.6 Å². The van der Waals surface area contributed by atoms with Crippen LogP contribution >= 0.6 is 0 Å². The standard InChI is InChI=1S/C22H29N3O4/c1-15(2)11-22(21(27)28)12-18(19(25(22)4)16-7-5-9-23-13-16)20(26)24(3)14-17-8-6-10-29-17/h5-10,13,15,18-19H,11-12,14H2,1-4H3,(H,27,28)/t18-,19-,22-/m1/s1. The van der Waals surface area contributed by atoms with Crippen LogP contribution in [0.2, 0.25) is 0 Å². The summed E-state index contributed by atoms with van der Waals surface area (Å²) in [6.07, 6.45) is 5.71. The first-order valence-corrected chi connectivity index (χ1v) is 9.90. The number of pyridine rings is 1. The van der Waals surface area contributed by atoms with E-state index in [2.05, 4.69) is 4.98 Å². The number of carbonyl (C=O) groups is 2. The van der Waals surface area contributed by atoms with Gasteiger partial charge in [0.2, 0.25) is 5.91 Å².